The molecule has 2 aromatic carbocycles. The van der Waals surface area contributed by atoms with Crippen molar-refractivity contribution in [2.24, 2.45) is 5.73 Å². The van der Waals surface area contributed by atoms with Crippen LogP contribution >= 0.6 is 23.5 Å². The second kappa shape index (κ2) is 9.09. The monoisotopic (exact) mass is 340 g/mol. The van der Waals surface area contributed by atoms with Crippen LogP contribution in [-0.2, 0) is 16.3 Å². The molecular formula is C18H16N2OS2. The van der Waals surface area contributed by atoms with Crippen molar-refractivity contribution in [3.8, 4) is 6.07 Å². The molecular weight excluding hydrogens is 324 g/mol. The molecule has 0 spiro atoms. The molecule has 0 aliphatic heterocycles. The summed E-state index contributed by atoms with van der Waals surface area (Å²) < 4.78 is 0.674. The first kappa shape index (κ1) is 17.2. The van der Waals surface area contributed by atoms with Crippen LogP contribution in [0.5, 0.6) is 0 Å². The van der Waals surface area contributed by atoms with E-state index in [1.54, 1.807) is 0 Å². The maximum absolute atomic E-state index is 11.5. The van der Waals surface area contributed by atoms with Crippen molar-refractivity contribution in [2.45, 2.75) is 11.5 Å². The van der Waals surface area contributed by atoms with Crippen molar-refractivity contribution < 1.29 is 4.79 Å². The van der Waals surface area contributed by atoms with Gasteiger partial charge in [0.05, 0.1) is 4.24 Å². The second-order valence-corrected chi connectivity index (χ2v) is 6.92. The van der Waals surface area contributed by atoms with E-state index >= 15 is 0 Å². The van der Waals surface area contributed by atoms with Crippen LogP contribution in [0.3, 0.4) is 0 Å². The van der Waals surface area contributed by atoms with Gasteiger partial charge in [-0.05, 0) is 11.1 Å². The van der Waals surface area contributed by atoms with E-state index in [1.165, 1.54) is 23.5 Å². The van der Waals surface area contributed by atoms with Crippen molar-refractivity contribution in [2.75, 3.05) is 0 Å². The van der Waals surface area contributed by atoms with Gasteiger partial charge in [0.2, 0.25) is 0 Å². The molecule has 0 atom stereocenters. The van der Waals surface area contributed by atoms with Gasteiger partial charge in [-0.1, -0.05) is 60.7 Å². The van der Waals surface area contributed by atoms with Crippen LogP contribution in [0.25, 0.3) is 0 Å². The quantitative estimate of drug-likeness (QED) is 0.609. The largest absolute Gasteiger partial charge is 0.365 e. The van der Waals surface area contributed by atoms with Crippen LogP contribution in [0, 0.1) is 11.3 Å². The normalized spacial score (nSPS) is 9.87. The summed E-state index contributed by atoms with van der Waals surface area (Å²) >= 11 is 2.95. The van der Waals surface area contributed by atoms with Gasteiger partial charge in [0.15, 0.2) is 0 Å². The summed E-state index contributed by atoms with van der Waals surface area (Å²) in [5.41, 5.74) is 7.65. The van der Waals surface area contributed by atoms with Gasteiger partial charge < -0.3 is 5.73 Å². The summed E-state index contributed by atoms with van der Waals surface area (Å²) in [7, 11) is 0. The number of primary amides is 1. The Morgan fingerprint density at radius 1 is 0.913 bits per heavy atom. The number of nitrogens with two attached hydrogens (primary N) is 1. The zero-order valence-electron chi connectivity index (χ0n) is 12.4. The summed E-state index contributed by atoms with van der Waals surface area (Å²) in [6.45, 7) is 0. The number of thioether (sulfide) groups is 2. The first-order chi connectivity index (χ1) is 11.2. The third-order valence-corrected chi connectivity index (χ3v) is 5.58. The van der Waals surface area contributed by atoms with E-state index in [0.29, 0.717) is 15.7 Å². The fourth-order valence-corrected chi connectivity index (χ4v) is 4.08. The molecule has 0 heterocycles. The fourth-order valence-electron chi connectivity index (χ4n) is 1.83. The fraction of sp³-hybridized carbons (Fsp3) is 0.111. The van der Waals surface area contributed by atoms with Crippen molar-refractivity contribution in [1.82, 2.24) is 0 Å². The van der Waals surface area contributed by atoms with Crippen molar-refractivity contribution in [3.05, 3.63) is 81.6 Å². The third-order valence-electron chi connectivity index (χ3n) is 2.99. The lowest BCUT2D eigenvalue weighted by molar-refractivity contribution is -0.114. The highest BCUT2D eigenvalue weighted by molar-refractivity contribution is 8.21. The number of amides is 1. The Bertz CT molecular complexity index is 676. The lowest BCUT2D eigenvalue weighted by Gasteiger charge is -2.09. The molecule has 0 bridgehead atoms. The Labute approximate surface area is 144 Å². The molecule has 23 heavy (non-hydrogen) atoms. The predicted octanol–water partition coefficient (Wildman–Crippen LogP) is 4.07. The van der Waals surface area contributed by atoms with Crippen LogP contribution in [0.4, 0.5) is 0 Å². The van der Waals surface area contributed by atoms with Crippen LogP contribution in [-0.4, -0.2) is 5.91 Å². The number of hydrogen-bond donors (Lipinski definition) is 1. The molecule has 0 aromatic heterocycles. The van der Waals surface area contributed by atoms with Gasteiger partial charge >= 0.3 is 0 Å². The number of carbonyl (C=O) groups is 1. The van der Waals surface area contributed by atoms with Crippen molar-refractivity contribution in [3.63, 3.8) is 0 Å². The standard InChI is InChI=1S/C18H16N2OS2/c19-11-16(17(20)21)18(22-12-14-7-3-1-4-8-14)23-13-15-9-5-2-6-10-15/h1-10H,12-13H2,(H2,20,21). The molecule has 0 aliphatic carbocycles. The molecule has 2 rings (SSSR count). The molecule has 0 saturated heterocycles. The number of rotatable bonds is 7. The summed E-state index contributed by atoms with van der Waals surface area (Å²) in [5, 5.41) is 9.23. The van der Waals surface area contributed by atoms with Crippen molar-refractivity contribution in [1.29, 1.82) is 5.26 Å². The zero-order valence-corrected chi connectivity index (χ0v) is 14.1. The molecule has 3 nitrogen and oxygen atoms in total. The minimum atomic E-state index is -0.677. The minimum Gasteiger partial charge on any atom is -0.365 e. The van der Waals surface area contributed by atoms with E-state index < -0.39 is 5.91 Å². The summed E-state index contributed by atoms with van der Waals surface area (Å²) in [6, 6.07) is 21.8. The first-order valence-electron chi connectivity index (χ1n) is 6.98. The highest BCUT2D eigenvalue weighted by Gasteiger charge is 2.14. The number of hydrogen-bond acceptors (Lipinski definition) is 4. The van der Waals surface area contributed by atoms with Gasteiger partial charge in [-0.25, -0.2) is 0 Å². The highest BCUT2D eigenvalue weighted by atomic mass is 32.2. The minimum absolute atomic E-state index is 0.0341. The Balaban J connectivity index is 2.12. The summed E-state index contributed by atoms with van der Waals surface area (Å²) in [5.74, 6) is 0.705. The van der Waals surface area contributed by atoms with Crippen LogP contribution in [0.2, 0.25) is 0 Å². The molecule has 0 saturated carbocycles. The maximum Gasteiger partial charge on any atom is 0.261 e. The van der Waals surface area contributed by atoms with Gasteiger partial charge in [0, 0.05) is 11.5 Å². The van der Waals surface area contributed by atoms with Crippen LogP contribution < -0.4 is 5.73 Å². The van der Waals surface area contributed by atoms with E-state index in [2.05, 4.69) is 0 Å². The molecule has 2 aromatic rings. The average Bonchev–Trinajstić information content (AvgIpc) is 2.59. The molecule has 0 unspecified atom stereocenters. The van der Waals surface area contributed by atoms with Gasteiger partial charge in [0.1, 0.15) is 11.6 Å². The summed E-state index contributed by atoms with van der Waals surface area (Å²) in [6.07, 6.45) is 0. The topological polar surface area (TPSA) is 66.9 Å². The maximum atomic E-state index is 11.5. The van der Waals surface area contributed by atoms with Gasteiger partial charge in [-0.2, -0.15) is 5.26 Å². The van der Waals surface area contributed by atoms with Gasteiger partial charge in [-0.3, -0.25) is 4.79 Å². The Kier molecular flexibility index (Phi) is 6.79. The summed E-state index contributed by atoms with van der Waals surface area (Å²) in [4.78, 5) is 11.5. The van der Waals surface area contributed by atoms with E-state index in [1.807, 2.05) is 66.7 Å². The number of nitrogens with zero attached hydrogens (tertiary/aromatic N) is 1. The Morgan fingerprint density at radius 2 is 1.35 bits per heavy atom. The number of benzene rings is 2. The lowest BCUT2D eigenvalue weighted by atomic mass is 10.2. The average molecular weight is 340 g/mol. The van der Waals surface area contributed by atoms with E-state index in [9.17, 15) is 10.1 Å². The molecule has 0 radical (unpaired) electrons. The predicted molar refractivity (Wildman–Crippen MR) is 97.3 cm³/mol. The molecule has 5 heteroatoms. The third kappa shape index (κ3) is 5.51. The van der Waals surface area contributed by atoms with Gasteiger partial charge in [0.25, 0.3) is 5.91 Å². The van der Waals surface area contributed by atoms with Crippen LogP contribution in [0.1, 0.15) is 11.1 Å². The molecule has 0 aliphatic rings. The van der Waals surface area contributed by atoms with E-state index in [0.717, 1.165) is 11.1 Å². The lowest BCUT2D eigenvalue weighted by Crippen LogP contribution is -2.13. The van der Waals surface area contributed by atoms with Gasteiger partial charge in [-0.15, -0.1) is 23.5 Å². The molecule has 2 N–H and O–H groups in total. The zero-order chi connectivity index (χ0) is 16.5. The smallest absolute Gasteiger partial charge is 0.261 e. The second-order valence-electron chi connectivity index (χ2n) is 4.69. The SMILES string of the molecule is N#CC(C(N)=O)=C(SCc1ccccc1)SCc1ccccc1. The molecule has 116 valence electrons. The first-order valence-corrected chi connectivity index (χ1v) is 8.95. The van der Waals surface area contributed by atoms with Crippen molar-refractivity contribution >= 4 is 29.4 Å². The van der Waals surface area contributed by atoms with Crippen LogP contribution in [0.15, 0.2) is 70.5 Å². The molecule has 1 amide bonds. The Morgan fingerprint density at radius 3 is 1.70 bits per heavy atom. The molecule has 0 fully saturated rings. The van der Waals surface area contributed by atoms with E-state index in [-0.39, 0.29) is 5.57 Å². The van der Waals surface area contributed by atoms with E-state index in [4.69, 9.17) is 5.73 Å². The Hall–Kier alpha value is -2.16. The highest BCUT2D eigenvalue weighted by Crippen LogP contribution is 2.36. The number of nitriles is 1. The number of carbonyl (C=O) groups excluding carboxylic acids is 1.